The van der Waals surface area contributed by atoms with Crippen molar-refractivity contribution in [1.29, 1.82) is 0 Å². The Morgan fingerprint density at radius 2 is 2.19 bits per heavy atom. The number of anilines is 1. The van der Waals surface area contributed by atoms with E-state index in [1.165, 1.54) is 11.9 Å². The van der Waals surface area contributed by atoms with Crippen molar-refractivity contribution >= 4 is 6.01 Å². The normalized spacial score (nSPS) is 11.1. The van der Waals surface area contributed by atoms with Gasteiger partial charge in [0, 0.05) is 7.05 Å². The molecule has 0 atom stereocenters. The van der Waals surface area contributed by atoms with E-state index in [9.17, 15) is 8.78 Å². The van der Waals surface area contributed by atoms with E-state index in [-0.39, 0.29) is 6.01 Å². The number of nitrogens with one attached hydrogen (secondary N) is 1. The van der Waals surface area contributed by atoms with E-state index in [1.54, 1.807) is 0 Å². The molecule has 0 unspecified atom stereocenters. The Kier molecular flexibility index (Phi) is 5.10. The zero-order chi connectivity index (χ0) is 12.0. The lowest BCUT2D eigenvalue weighted by Crippen LogP contribution is -2.24. The van der Waals surface area contributed by atoms with Crippen LogP contribution in [0.2, 0.25) is 0 Å². The second-order valence-electron chi connectivity index (χ2n) is 3.43. The van der Waals surface area contributed by atoms with E-state index in [4.69, 9.17) is 4.42 Å². The third-order valence-electron chi connectivity index (χ3n) is 1.90. The van der Waals surface area contributed by atoms with E-state index in [1.807, 2.05) is 6.92 Å². The molecule has 0 aromatic carbocycles. The zero-order valence-electron chi connectivity index (χ0n) is 9.41. The smallest absolute Gasteiger partial charge is 0.318 e. The van der Waals surface area contributed by atoms with Gasteiger partial charge in [-0.3, -0.25) is 0 Å². The molecule has 7 heteroatoms. The highest BCUT2D eigenvalue weighted by atomic mass is 19.3. The van der Waals surface area contributed by atoms with Gasteiger partial charge in [-0.15, -0.1) is 5.10 Å². The molecule has 0 spiro atoms. The summed E-state index contributed by atoms with van der Waals surface area (Å²) in [6.07, 6.45) is -1.41. The third kappa shape index (κ3) is 4.09. The maximum Gasteiger partial charge on any atom is 0.318 e. The molecule has 1 N–H and O–H groups in total. The summed E-state index contributed by atoms with van der Waals surface area (Å²) in [5, 5.41) is 10.5. The molecule has 1 aromatic rings. The summed E-state index contributed by atoms with van der Waals surface area (Å²) >= 11 is 0. The van der Waals surface area contributed by atoms with E-state index >= 15 is 0 Å². The zero-order valence-corrected chi connectivity index (χ0v) is 9.41. The molecule has 0 aliphatic rings. The van der Waals surface area contributed by atoms with Crippen molar-refractivity contribution in [3.63, 3.8) is 0 Å². The van der Waals surface area contributed by atoms with E-state index < -0.39 is 13.0 Å². The summed E-state index contributed by atoms with van der Waals surface area (Å²) in [5.41, 5.74) is 0. The maximum atomic E-state index is 12.1. The maximum absolute atomic E-state index is 12.1. The Balaban J connectivity index is 2.44. The highest BCUT2D eigenvalue weighted by molar-refractivity contribution is 5.21. The van der Waals surface area contributed by atoms with Crippen molar-refractivity contribution < 1.29 is 13.2 Å². The van der Waals surface area contributed by atoms with Crippen LogP contribution >= 0.6 is 0 Å². The van der Waals surface area contributed by atoms with E-state index in [2.05, 4.69) is 15.5 Å². The minimum absolute atomic E-state index is 0.119. The van der Waals surface area contributed by atoms with Gasteiger partial charge in [-0.1, -0.05) is 12.0 Å². The predicted octanol–water partition coefficient (Wildman–Crippen LogP) is 1.27. The molecule has 5 nitrogen and oxygen atoms in total. The first kappa shape index (κ1) is 12.8. The molecule has 92 valence electrons. The number of alkyl halides is 2. The SMILES string of the molecule is CCCNCc1nnc(N(C)CC(F)F)o1. The van der Waals surface area contributed by atoms with Crippen molar-refractivity contribution in [1.82, 2.24) is 15.5 Å². The van der Waals surface area contributed by atoms with E-state index in [0.717, 1.165) is 13.0 Å². The fraction of sp³-hybridized carbons (Fsp3) is 0.778. The van der Waals surface area contributed by atoms with Gasteiger partial charge in [0.25, 0.3) is 6.43 Å². The fourth-order valence-corrected chi connectivity index (χ4v) is 1.13. The van der Waals surface area contributed by atoms with Crippen LogP contribution in [0.5, 0.6) is 0 Å². The lowest BCUT2D eigenvalue weighted by Gasteiger charge is -2.12. The molecule has 1 heterocycles. The van der Waals surface area contributed by atoms with Crippen LogP contribution in [0.3, 0.4) is 0 Å². The molecule has 1 aromatic heterocycles. The first-order chi connectivity index (χ1) is 7.63. The Morgan fingerprint density at radius 3 is 2.81 bits per heavy atom. The van der Waals surface area contributed by atoms with Crippen LogP contribution in [0, 0.1) is 0 Å². The number of nitrogens with zero attached hydrogens (tertiary/aromatic N) is 3. The van der Waals surface area contributed by atoms with Crippen molar-refractivity contribution in [2.75, 3.05) is 25.0 Å². The van der Waals surface area contributed by atoms with E-state index in [0.29, 0.717) is 12.4 Å². The molecule has 1 rings (SSSR count). The minimum atomic E-state index is -2.42. The first-order valence-electron chi connectivity index (χ1n) is 5.15. The van der Waals surface area contributed by atoms with Crippen LogP contribution in [-0.2, 0) is 6.54 Å². The van der Waals surface area contributed by atoms with Crippen molar-refractivity contribution in [2.24, 2.45) is 0 Å². The van der Waals surface area contributed by atoms with Gasteiger partial charge in [-0.05, 0) is 13.0 Å². The summed E-state index contributed by atoms with van der Waals surface area (Å²) in [6, 6.07) is 0.119. The quantitative estimate of drug-likeness (QED) is 0.720. The third-order valence-corrected chi connectivity index (χ3v) is 1.90. The summed E-state index contributed by atoms with van der Waals surface area (Å²) in [7, 11) is 1.49. The Labute approximate surface area is 92.8 Å². The van der Waals surface area contributed by atoms with Crippen molar-refractivity contribution in [3.8, 4) is 0 Å². The van der Waals surface area contributed by atoms with Crippen LogP contribution in [-0.4, -0.2) is 36.8 Å². The van der Waals surface area contributed by atoms with Crippen LogP contribution < -0.4 is 10.2 Å². The highest BCUT2D eigenvalue weighted by Gasteiger charge is 2.14. The standard InChI is InChI=1S/C9H16F2N4O/c1-3-4-12-5-8-13-14-9(16-8)15(2)6-7(10)11/h7,12H,3-6H2,1-2H3. The van der Waals surface area contributed by atoms with Gasteiger partial charge in [0.1, 0.15) is 0 Å². The second-order valence-corrected chi connectivity index (χ2v) is 3.43. The number of hydrogen-bond acceptors (Lipinski definition) is 5. The minimum Gasteiger partial charge on any atom is -0.407 e. The van der Waals surface area contributed by atoms with Crippen LogP contribution in [0.4, 0.5) is 14.8 Å². The molecule has 0 aliphatic heterocycles. The largest absolute Gasteiger partial charge is 0.407 e. The molecule has 0 fully saturated rings. The first-order valence-corrected chi connectivity index (χ1v) is 5.15. The molecular formula is C9H16F2N4O. The van der Waals surface area contributed by atoms with Gasteiger partial charge >= 0.3 is 6.01 Å². The topological polar surface area (TPSA) is 54.2 Å². The van der Waals surface area contributed by atoms with Gasteiger partial charge in [0.2, 0.25) is 5.89 Å². The second kappa shape index (κ2) is 6.37. The Hall–Kier alpha value is -1.24. The summed E-state index contributed by atoms with van der Waals surface area (Å²) in [6.45, 7) is 2.95. The molecule has 0 bridgehead atoms. The van der Waals surface area contributed by atoms with Gasteiger partial charge in [0.15, 0.2) is 0 Å². The summed E-state index contributed by atoms with van der Waals surface area (Å²) in [5.74, 6) is 0.407. The molecule has 0 amide bonds. The van der Waals surface area contributed by atoms with Crippen LogP contribution in [0.25, 0.3) is 0 Å². The predicted molar refractivity (Wildman–Crippen MR) is 55.6 cm³/mol. The lowest BCUT2D eigenvalue weighted by molar-refractivity contribution is 0.155. The molecule has 0 saturated heterocycles. The van der Waals surface area contributed by atoms with Gasteiger partial charge in [-0.2, -0.15) is 0 Å². The lowest BCUT2D eigenvalue weighted by atomic mass is 10.5. The van der Waals surface area contributed by atoms with Crippen molar-refractivity contribution in [3.05, 3.63) is 5.89 Å². The Morgan fingerprint density at radius 1 is 1.44 bits per heavy atom. The van der Waals surface area contributed by atoms with Gasteiger partial charge in [0.05, 0.1) is 13.1 Å². The molecule has 16 heavy (non-hydrogen) atoms. The monoisotopic (exact) mass is 234 g/mol. The molecule has 0 aliphatic carbocycles. The number of hydrogen-bond donors (Lipinski definition) is 1. The molecule has 0 radical (unpaired) electrons. The highest BCUT2D eigenvalue weighted by Crippen LogP contribution is 2.11. The number of aromatic nitrogens is 2. The fourth-order valence-electron chi connectivity index (χ4n) is 1.13. The average molecular weight is 234 g/mol. The summed E-state index contributed by atoms with van der Waals surface area (Å²) < 4.78 is 29.4. The Bertz CT molecular complexity index is 305. The van der Waals surface area contributed by atoms with Crippen LogP contribution in [0.1, 0.15) is 19.2 Å². The van der Waals surface area contributed by atoms with Gasteiger partial charge in [-0.25, -0.2) is 8.78 Å². The number of rotatable bonds is 7. The van der Waals surface area contributed by atoms with Gasteiger partial charge < -0.3 is 14.6 Å². The van der Waals surface area contributed by atoms with Crippen LogP contribution in [0.15, 0.2) is 4.42 Å². The molecule has 0 saturated carbocycles. The average Bonchev–Trinajstić information content (AvgIpc) is 2.66. The number of halogens is 2. The summed E-state index contributed by atoms with van der Waals surface area (Å²) in [4.78, 5) is 1.24. The van der Waals surface area contributed by atoms with Crippen molar-refractivity contribution in [2.45, 2.75) is 26.3 Å². The molecular weight excluding hydrogens is 218 g/mol.